The van der Waals surface area contributed by atoms with Crippen molar-refractivity contribution in [1.82, 2.24) is 15.3 Å². The van der Waals surface area contributed by atoms with Crippen LogP contribution in [0.3, 0.4) is 0 Å². The van der Waals surface area contributed by atoms with Crippen LogP contribution >= 0.6 is 12.2 Å². The topological polar surface area (TPSA) is 62.3 Å². The lowest BCUT2D eigenvalue weighted by Crippen LogP contribution is -2.30. The summed E-state index contributed by atoms with van der Waals surface area (Å²) in [7, 11) is 0. The van der Waals surface area contributed by atoms with Gasteiger partial charge in [-0.25, -0.2) is 0 Å². The molecule has 2 N–H and O–H groups in total. The third kappa shape index (κ3) is 6.40. The molecule has 32 heavy (non-hydrogen) atoms. The molecule has 0 aliphatic carbocycles. The summed E-state index contributed by atoms with van der Waals surface area (Å²) in [5, 5.41) is 6.84. The van der Waals surface area contributed by atoms with Gasteiger partial charge in [0.05, 0.1) is 0 Å². The normalized spacial score (nSPS) is 13.8. The zero-order chi connectivity index (χ0) is 22.2. The number of rotatable bonds is 6. The van der Waals surface area contributed by atoms with E-state index >= 15 is 0 Å². The molecular formula is C25H29N5OS. The van der Waals surface area contributed by atoms with Crippen molar-refractivity contribution in [3.05, 3.63) is 71.8 Å². The summed E-state index contributed by atoms with van der Waals surface area (Å²) in [6, 6.07) is 19.9. The average Bonchev–Trinajstić information content (AvgIpc) is 3.09. The molecule has 7 heteroatoms. The second-order valence-corrected chi connectivity index (χ2v) is 8.41. The molecule has 0 bridgehead atoms. The highest BCUT2D eigenvalue weighted by Gasteiger charge is 2.15. The molecule has 0 saturated carbocycles. The third-order valence-electron chi connectivity index (χ3n) is 5.38. The van der Waals surface area contributed by atoms with Crippen molar-refractivity contribution in [2.45, 2.75) is 39.2 Å². The molecule has 3 aromatic rings. The monoisotopic (exact) mass is 447 g/mol. The number of para-hydroxylation sites is 1. The van der Waals surface area contributed by atoms with E-state index in [1.54, 1.807) is 0 Å². The Kier molecular flexibility index (Phi) is 7.51. The number of hydrogen-bond acceptors (Lipinski definition) is 5. The van der Waals surface area contributed by atoms with Crippen molar-refractivity contribution in [3.63, 3.8) is 0 Å². The van der Waals surface area contributed by atoms with Crippen LogP contribution in [0.5, 0.6) is 11.6 Å². The van der Waals surface area contributed by atoms with Gasteiger partial charge in [-0.1, -0.05) is 60.9 Å². The van der Waals surface area contributed by atoms with Crippen LogP contribution in [0.15, 0.2) is 60.7 Å². The van der Waals surface area contributed by atoms with Crippen molar-refractivity contribution in [3.8, 4) is 11.6 Å². The number of aromatic nitrogens is 2. The smallest absolute Gasteiger partial charge is 0.234 e. The SMILES string of the molecule is Cc1ccc(CNC(=S)Nc2nc(Oc3ccccc3)cc(N3CCCCCC3)n2)cc1. The third-order valence-corrected chi connectivity index (χ3v) is 5.63. The Labute approximate surface area is 195 Å². The molecule has 0 amide bonds. The first kappa shape index (κ1) is 22.0. The Morgan fingerprint density at radius 1 is 0.969 bits per heavy atom. The summed E-state index contributed by atoms with van der Waals surface area (Å²) in [6.45, 7) is 4.67. The first-order valence-corrected chi connectivity index (χ1v) is 11.5. The molecule has 1 aromatic heterocycles. The van der Waals surface area contributed by atoms with Crippen LogP contribution in [0.25, 0.3) is 0 Å². The van der Waals surface area contributed by atoms with Crippen molar-refractivity contribution >= 4 is 29.1 Å². The summed E-state index contributed by atoms with van der Waals surface area (Å²) in [6.07, 6.45) is 4.84. The van der Waals surface area contributed by atoms with Gasteiger partial charge in [0.1, 0.15) is 11.6 Å². The van der Waals surface area contributed by atoms with Crippen LogP contribution in [0.4, 0.5) is 11.8 Å². The highest BCUT2D eigenvalue weighted by Crippen LogP contribution is 2.26. The number of anilines is 2. The summed E-state index contributed by atoms with van der Waals surface area (Å²) >= 11 is 5.50. The van der Waals surface area contributed by atoms with Gasteiger partial charge in [0, 0.05) is 25.7 Å². The average molecular weight is 448 g/mol. The predicted molar refractivity (Wildman–Crippen MR) is 133 cm³/mol. The standard InChI is InChI=1S/C25H29N5OS/c1-19-11-13-20(14-12-19)18-26-25(32)29-24-27-22(30-15-7-2-3-8-16-30)17-23(28-24)31-21-9-5-4-6-10-21/h4-6,9-14,17H,2-3,7-8,15-16,18H2,1H3,(H2,26,27,28,29,32). The minimum Gasteiger partial charge on any atom is -0.439 e. The van der Waals surface area contributed by atoms with Crippen LogP contribution in [-0.4, -0.2) is 28.2 Å². The quantitative estimate of drug-likeness (QED) is 0.488. The summed E-state index contributed by atoms with van der Waals surface area (Å²) in [4.78, 5) is 11.6. The Morgan fingerprint density at radius 3 is 2.41 bits per heavy atom. The van der Waals surface area contributed by atoms with Gasteiger partial charge in [0.25, 0.3) is 0 Å². The van der Waals surface area contributed by atoms with Crippen LogP contribution in [0, 0.1) is 6.92 Å². The number of benzene rings is 2. The molecule has 2 aromatic carbocycles. The molecule has 0 spiro atoms. The van der Waals surface area contributed by atoms with E-state index in [2.05, 4.69) is 51.7 Å². The van der Waals surface area contributed by atoms with Gasteiger partial charge >= 0.3 is 0 Å². The van der Waals surface area contributed by atoms with Crippen LogP contribution < -0.4 is 20.3 Å². The number of nitrogens with one attached hydrogen (secondary N) is 2. The fourth-order valence-electron chi connectivity index (χ4n) is 3.63. The van der Waals surface area contributed by atoms with Gasteiger partial charge in [0.15, 0.2) is 5.11 Å². The van der Waals surface area contributed by atoms with Crippen LogP contribution in [-0.2, 0) is 6.54 Å². The molecule has 4 rings (SSSR count). The first-order valence-electron chi connectivity index (χ1n) is 11.1. The van der Waals surface area contributed by atoms with E-state index in [9.17, 15) is 0 Å². The van der Waals surface area contributed by atoms with Gasteiger partial charge < -0.3 is 20.3 Å². The maximum atomic E-state index is 6.02. The number of aryl methyl sites for hydroxylation is 1. The Hall–Kier alpha value is -3.19. The van der Waals surface area contributed by atoms with Gasteiger partial charge in [-0.2, -0.15) is 9.97 Å². The van der Waals surface area contributed by atoms with Gasteiger partial charge in [-0.05, 0) is 49.7 Å². The van der Waals surface area contributed by atoms with E-state index in [1.165, 1.54) is 18.4 Å². The molecule has 0 radical (unpaired) electrons. The lowest BCUT2D eigenvalue weighted by Gasteiger charge is -2.22. The Morgan fingerprint density at radius 2 is 1.69 bits per heavy atom. The fraction of sp³-hybridized carbons (Fsp3) is 0.320. The molecule has 166 valence electrons. The Balaban J connectivity index is 1.49. The summed E-state index contributed by atoms with van der Waals surface area (Å²) < 4.78 is 6.02. The zero-order valence-corrected chi connectivity index (χ0v) is 19.2. The van der Waals surface area contributed by atoms with E-state index in [-0.39, 0.29) is 0 Å². The van der Waals surface area contributed by atoms with E-state index in [0.29, 0.717) is 23.5 Å². The van der Waals surface area contributed by atoms with Gasteiger partial charge in [0.2, 0.25) is 11.8 Å². The van der Waals surface area contributed by atoms with E-state index < -0.39 is 0 Å². The number of hydrogen-bond donors (Lipinski definition) is 2. The molecule has 1 aliphatic heterocycles. The van der Waals surface area contributed by atoms with Crippen molar-refractivity contribution in [1.29, 1.82) is 0 Å². The van der Waals surface area contributed by atoms with Crippen molar-refractivity contribution in [2.24, 2.45) is 0 Å². The number of thiocarbonyl (C=S) groups is 1. The predicted octanol–water partition coefficient (Wildman–Crippen LogP) is 5.44. The minimum absolute atomic E-state index is 0.430. The number of nitrogens with zero attached hydrogens (tertiary/aromatic N) is 3. The highest BCUT2D eigenvalue weighted by molar-refractivity contribution is 7.80. The highest BCUT2D eigenvalue weighted by atomic mass is 32.1. The molecular weight excluding hydrogens is 418 g/mol. The minimum atomic E-state index is 0.430. The lowest BCUT2D eigenvalue weighted by atomic mass is 10.1. The number of ether oxygens (including phenoxy) is 1. The molecule has 1 aliphatic rings. The van der Waals surface area contributed by atoms with Gasteiger partial charge in [-0.15, -0.1) is 0 Å². The molecule has 0 unspecified atom stereocenters. The molecule has 1 saturated heterocycles. The maximum absolute atomic E-state index is 6.02. The van der Waals surface area contributed by atoms with E-state index in [4.69, 9.17) is 21.9 Å². The zero-order valence-electron chi connectivity index (χ0n) is 18.4. The second-order valence-electron chi connectivity index (χ2n) is 8.00. The van der Waals surface area contributed by atoms with Crippen molar-refractivity contribution < 1.29 is 4.74 Å². The molecule has 1 fully saturated rings. The largest absolute Gasteiger partial charge is 0.439 e. The van der Waals surface area contributed by atoms with Crippen LogP contribution in [0.2, 0.25) is 0 Å². The summed E-state index contributed by atoms with van der Waals surface area (Å²) in [5.74, 6) is 2.52. The second kappa shape index (κ2) is 10.9. The van der Waals surface area contributed by atoms with Crippen LogP contribution in [0.1, 0.15) is 36.8 Å². The first-order chi connectivity index (χ1) is 15.7. The molecule has 6 nitrogen and oxygen atoms in total. The fourth-order valence-corrected chi connectivity index (χ4v) is 3.79. The van der Waals surface area contributed by atoms with E-state index in [0.717, 1.165) is 43.1 Å². The summed E-state index contributed by atoms with van der Waals surface area (Å²) in [5.41, 5.74) is 2.39. The van der Waals surface area contributed by atoms with Crippen molar-refractivity contribution in [2.75, 3.05) is 23.3 Å². The Bertz CT molecular complexity index is 1020. The lowest BCUT2D eigenvalue weighted by molar-refractivity contribution is 0.462. The molecule has 2 heterocycles. The van der Waals surface area contributed by atoms with Gasteiger partial charge in [-0.3, -0.25) is 0 Å². The maximum Gasteiger partial charge on any atom is 0.234 e. The molecule has 0 atom stereocenters. The van der Waals surface area contributed by atoms with E-state index in [1.807, 2.05) is 36.4 Å².